The van der Waals surface area contributed by atoms with Crippen LogP contribution in [0.2, 0.25) is 0 Å². The van der Waals surface area contributed by atoms with Crippen molar-refractivity contribution in [2.45, 2.75) is 46.1 Å². The first-order chi connectivity index (χ1) is 8.96. The van der Waals surface area contributed by atoms with Crippen LogP contribution in [0.25, 0.3) is 0 Å². The molecule has 3 heteroatoms. The van der Waals surface area contributed by atoms with E-state index in [9.17, 15) is 9.90 Å². The molecular formula is C16H25NO2. The highest BCUT2D eigenvalue weighted by Gasteiger charge is 2.38. The summed E-state index contributed by atoms with van der Waals surface area (Å²) in [6.45, 7) is 8.85. The van der Waals surface area contributed by atoms with Crippen molar-refractivity contribution in [3.05, 3.63) is 35.4 Å². The lowest BCUT2D eigenvalue weighted by Crippen LogP contribution is -2.50. The number of carbonyl (C=O) groups is 1. The minimum atomic E-state index is -0.976. The van der Waals surface area contributed by atoms with E-state index in [2.05, 4.69) is 26.1 Å². The molecule has 1 aromatic rings. The van der Waals surface area contributed by atoms with Gasteiger partial charge in [-0.3, -0.25) is 5.32 Å². The second-order valence-corrected chi connectivity index (χ2v) is 5.39. The highest BCUT2D eigenvalue weighted by molar-refractivity contribution is 5.80. The third-order valence-electron chi connectivity index (χ3n) is 3.56. The predicted molar refractivity (Wildman–Crippen MR) is 78.3 cm³/mol. The van der Waals surface area contributed by atoms with Gasteiger partial charge in [-0.05, 0) is 36.4 Å². The number of carboxylic acids is 1. The van der Waals surface area contributed by atoms with Crippen LogP contribution in [0.5, 0.6) is 0 Å². The number of aliphatic carboxylic acids is 1. The number of nitrogens with one attached hydrogen (secondary N) is 1. The van der Waals surface area contributed by atoms with Gasteiger partial charge in [0, 0.05) is 0 Å². The monoisotopic (exact) mass is 263 g/mol. The third kappa shape index (κ3) is 3.57. The Balaban J connectivity index is 3.09. The number of rotatable bonds is 7. The topological polar surface area (TPSA) is 49.3 Å². The summed E-state index contributed by atoms with van der Waals surface area (Å²) in [5.41, 5.74) is 1.08. The summed E-state index contributed by atoms with van der Waals surface area (Å²) in [4.78, 5) is 11.8. The lowest BCUT2D eigenvalue weighted by Gasteiger charge is -2.31. The fourth-order valence-electron chi connectivity index (χ4n) is 2.18. The van der Waals surface area contributed by atoms with Crippen molar-refractivity contribution in [3.8, 4) is 0 Å². The van der Waals surface area contributed by atoms with Crippen LogP contribution in [0.15, 0.2) is 24.3 Å². The Labute approximate surface area is 116 Å². The van der Waals surface area contributed by atoms with E-state index in [-0.39, 0.29) is 0 Å². The molecular weight excluding hydrogens is 238 g/mol. The number of benzene rings is 1. The minimum Gasteiger partial charge on any atom is -0.480 e. The summed E-state index contributed by atoms with van der Waals surface area (Å²) in [7, 11) is 0. The summed E-state index contributed by atoms with van der Waals surface area (Å²) >= 11 is 0. The first-order valence-electron chi connectivity index (χ1n) is 7.04. The van der Waals surface area contributed by atoms with Crippen LogP contribution >= 0.6 is 0 Å². The molecule has 3 nitrogen and oxygen atoms in total. The molecule has 0 aromatic heterocycles. The van der Waals surface area contributed by atoms with Crippen LogP contribution in [-0.4, -0.2) is 17.6 Å². The Morgan fingerprint density at radius 2 is 1.84 bits per heavy atom. The molecule has 1 unspecified atom stereocenters. The first kappa shape index (κ1) is 15.7. The zero-order chi connectivity index (χ0) is 14.5. The SMILES string of the molecule is CCc1ccc(C(CC)(NCC(C)C)C(=O)O)cc1. The molecule has 0 saturated heterocycles. The Kier molecular flexibility index (Phi) is 5.55. The third-order valence-corrected chi connectivity index (χ3v) is 3.56. The lowest BCUT2D eigenvalue weighted by molar-refractivity contribution is -0.145. The van der Waals surface area contributed by atoms with Gasteiger partial charge in [0.2, 0.25) is 0 Å². The highest BCUT2D eigenvalue weighted by atomic mass is 16.4. The molecule has 1 rings (SSSR count). The molecule has 0 aliphatic carbocycles. The Bertz CT molecular complexity index is 411. The smallest absolute Gasteiger partial charge is 0.328 e. The van der Waals surface area contributed by atoms with E-state index in [1.165, 1.54) is 5.56 Å². The lowest BCUT2D eigenvalue weighted by atomic mass is 9.86. The van der Waals surface area contributed by atoms with Gasteiger partial charge in [-0.1, -0.05) is 52.0 Å². The van der Waals surface area contributed by atoms with Crippen molar-refractivity contribution in [1.82, 2.24) is 5.32 Å². The molecule has 1 atom stereocenters. The Morgan fingerprint density at radius 1 is 1.26 bits per heavy atom. The van der Waals surface area contributed by atoms with Gasteiger partial charge in [-0.2, -0.15) is 0 Å². The van der Waals surface area contributed by atoms with E-state index < -0.39 is 11.5 Å². The van der Waals surface area contributed by atoms with Gasteiger partial charge in [0.1, 0.15) is 5.54 Å². The highest BCUT2D eigenvalue weighted by Crippen LogP contribution is 2.26. The number of hydrogen-bond donors (Lipinski definition) is 2. The number of hydrogen-bond acceptors (Lipinski definition) is 2. The van der Waals surface area contributed by atoms with Crippen LogP contribution in [0.3, 0.4) is 0 Å². The standard InChI is InChI=1S/C16H25NO2/c1-5-13-7-9-14(10-8-13)16(6-2,15(18)19)17-11-12(3)4/h7-10,12,17H,5-6,11H2,1-4H3,(H,18,19). The van der Waals surface area contributed by atoms with Crippen molar-refractivity contribution in [2.75, 3.05) is 6.54 Å². The molecule has 1 aromatic carbocycles. The van der Waals surface area contributed by atoms with Gasteiger partial charge in [-0.25, -0.2) is 4.79 Å². The second kappa shape index (κ2) is 6.71. The fraction of sp³-hybridized carbons (Fsp3) is 0.562. The molecule has 0 radical (unpaired) electrons. The molecule has 2 N–H and O–H groups in total. The average Bonchev–Trinajstić information content (AvgIpc) is 2.40. The number of aryl methyl sites for hydroxylation is 1. The predicted octanol–water partition coefficient (Wildman–Crippen LogP) is 3.18. The van der Waals surface area contributed by atoms with Crippen molar-refractivity contribution in [1.29, 1.82) is 0 Å². The van der Waals surface area contributed by atoms with Gasteiger partial charge in [0.15, 0.2) is 0 Å². The molecule has 0 amide bonds. The van der Waals surface area contributed by atoms with E-state index in [0.717, 1.165) is 12.0 Å². The van der Waals surface area contributed by atoms with E-state index in [0.29, 0.717) is 18.9 Å². The summed E-state index contributed by atoms with van der Waals surface area (Å²) in [6.07, 6.45) is 1.49. The Morgan fingerprint density at radius 3 is 2.21 bits per heavy atom. The van der Waals surface area contributed by atoms with E-state index >= 15 is 0 Å². The molecule has 0 spiro atoms. The minimum absolute atomic E-state index is 0.417. The average molecular weight is 263 g/mol. The van der Waals surface area contributed by atoms with Crippen LogP contribution in [0.1, 0.15) is 45.2 Å². The van der Waals surface area contributed by atoms with Crippen molar-refractivity contribution < 1.29 is 9.90 Å². The van der Waals surface area contributed by atoms with Gasteiger partial charge in [-0.15, -0.1) is 0 Å². The quantitative estimate of drug-likeness (QED) is 0.794. The molecule has 0 bridgehead atoms. The molecule has 0 fully saturated rings. The maximum absolute atomic E-state index is 11.8. The fourth-order valence-corrected chi connectivity index (χ4v) is 2.18. The Hall–Kier alpha value is -1.35. The zero-order valence-corrected chi connectivity index (χ0v) is 12.4. The molecule has 19 heavy (non-hydrogen) atoms. The van der Waals surface area contributed by atoms with Crippen LogP contribution in [0.4, 0.5) is 0 Å². The van der Waals surface area contributed by atoms with E-state index in [1.807, 2.05) is 31.2 Å². The largest absolute Gasteiger partial charge is 0.480 e. The van der Waals surface area contributed by atoms with Crippen molar-refractivity contribution in [3.63, 3.8) is 0 Å². The normalized spacial score (nSPS) is 14.4. The van der Waals surface area contributed by atoms with Gasteiger partial charge >= 0.3 is 5.97 Å². The molecule has 0 saturated carbocycles. The maximum Gasteiger partial charge on any atom is 0.328 e. The van der Waals surface area contributed by atoms with Crippen molar-refractivity contribution >= 4 is 5.97 Å². The number of carboxylic acid groups (broad SMARTS) is 1. The zero-order valence-electron chi connectivity index (χ0n) is 12.4. The van der Waals surface area contributed by atoms with Crippen LogP contribution in [-0.2, 0) is 16.8 Å². The second-order valence-electron chi connectivity index (χ2n) is 5.39. The maximum atomic E-state index is 11.8. The van der Waals surface area contributed by atoms with Crippen LogP contribution in [0, 0.1) is 5.92 Å². The summed E-state index contributed by atoms with van der Waals surface area (Å²) in [5.74, 6) is -0.389. The summed E-state index contributed by atoms with van der Waals surface area (Å²) < 4.78 is 0. The summed E-state index contributed by atoms with van der Waals surface area (Å²) in [5, 5.41) is 12.9. The van der Waals surface area contributed by atoms with Gasteiger partial charge in [0.05, 0.1) is 0 Å². The van der Waals surface area contributed by atoms with Gasteiger partial charge in [0.25, 0.3) is 0 Å². The summed E-state index contributed by atoms with van der Waals surface area (Å²) in [6, 6.07) is 7.90. The molecule has 0 aliphatic heterocycles. The van der Waals surface area contributed by atoms with Crippen LogP contribution < -0.4 is 5.32 Å². The van der Waals surface area contributed by atoms with Gasteiger partial charge < -0.3 is 5.11 Å². The van der Waals surface area contributed by atoms with E-state index in [4.69, 9.17) is 0 Å². The molecule has 106 valence electrons. The van der Waals surface area contributed by atoms with E-state index in [1.54, 1.807) is 0 Å². The van der Waals surface area contributed by atoms with Crippen molar-refractivity contribution in [2.24, 2.45) is 5.92 Å². The first-order valence-corrected chi connectivity index (χ1v) is 7.04. The molecule has 0 heterocycles. The molecule has 0 aliphatic rings.